The number of nitrogens with one attached hydrogen (secondary N) is 1. The Labute approximate surface area is 277 Å². The van der Waals surface area contributed by atoms with Crippen molar-refractivity contribution in [1.82, 2.24) is 10.2 Å². The van der Waals surface area contributed by atoms with Crippen molar-refractivity contribution in [2.24, 2.45) is 0 Å². The Bertz CT molecular complexity index is 1780. The Morgan fingerprint density at radius 2 is 1.49 bits per heavy atom. The number of amides is 2. The van der Waals surface area contributed by atoms with Crippen LogP contribution in [0.3, 0.4) is 0 Å². The second kappa shape index (κ2) is 15.4. The van der Waals surface area contributed by atoms with Crippen molar-refractivity contribution in [1.29, 1.82) is 0 Å². The number of carbonyl (C=O) groups excluding carboxylic acids is 2. The summed E-state index contributed by atoms with van der Waals surface area (Å²) in [4.78, 5) is 30.2. The maximum Gasteiger partial charge on any atom is 0.264 e. The summed E-state index contributed by atoms with van der Waals surface area (Å²) in [6.45, 7) is 2.91. The van der Waals surface area contributed by atoms with E-state index in [0.29, 0.717) is 11.3 Å². The summed E-state index contributed by atoms with van der Waals surface area (Å²) in [5.74, 6) is -1.47. The van der Waals surface area contributed by atoms with Crippen molar-refractivity contribution in [3.05, 3.63) is 131 Å². The lowest BCUT2D eigenvalue weighted by molar-refractivity contribution is -0.140. The number of hydrogen-bond acceptors (Lipinski definition) is 4. The van der Waals surface area contributed by atoms with Gasteiger partial charge in [0.1, 0.15) is 18.4 Å². The predicted octanol–water partition coefficient (Wildman–Crippen LogP) is 6.73. The molecule has 0 spiro atoms. The fourth-order valence-electron chi connectivity index (χ4n) is 6.23. The molecule has 4 aromatic rings. The average Bonchev–Trinajstić information content (AvgIpc) is 3.07. The zero-order chi connectivity index (χ0) is 33.4. The van der Waals surface area contributed by atoms with Crippen LogP contribution in [0.4, 0.5) is 10.1 Å². The highest BCUT2D eigenvalue weighted by molar-refractivity contribution is 7.92. The first kappa shape index (κ1) is 33.9. The van der Waals surface area contributed by atoms with Crippen LogP contribution in [0.15, 0.2) is 108 Å². The Hall–Kier alpha value is -4.50. The van der Waals surface area contributed by atoms with Gasteiger partial charge in [0.15, 0.2) is 0 Å². The van der Waals surface area contributed by atoms with E-state index in [2.05, 4.69) is 5.32 Å². The zero-order valence-corrected chi connectivity index (χ0v) is 27.8. The second-order valence-corrected chi connectivity index (χ2v) is 14.1. The van der Waals surface area contributed by atoms with Gasteiger partial charge in [0.05, 0.1) is 10.6 Å². The molecule has 2 amide bonds. The number of sulfonamides is 1. The minimum atomic E-state index is -4.22. The van der Waals surface area contributed by atoms with Crippen LogP contribution in [0.2, 0.25) is 0 Å². The highest BCUT2D eigenvalue weighted by Gasteiger charge is 2.36. The third-order valence-corrected chi connectivity index (χ3v) is 10.5. The van der Waals surface area contributed by atoms with E-state index >= 15 is 4.39 Å². The smallest absolute Gasteiger partial charge is 0.264 e. The molecule has 0 unspecified atom stereocenters. The van der Waals surface area contributed by atoms with Crippen LogP contribution in [0.1, 0.15) is 54.4 Å². The van der Waals surface area contributed by atoms with Crippen LogP contribution in [-0.4, -0.2) is 43.8 Å². The van der Waals surface area contributed by atoms with Gasteiger partial charge in [-0.1, -0.05) is 104 Å². The second-order valence-electron chi connectivity index (χ2n) is 12.3. The molecule has 47 heavy (non-hydrogen) atoms. The minimum absolute atomic E-state index is 0.0231. The van der Waals surface area contributed by atoms with Crippen LogP contribution in [0.25, 0.3) is 0 Å². The summed E-state index contributed by atoms with van der Waals surface area (Å²) in [6.07, 6.45) is 5.00. The van der Waals surface area contributed by atoms with E-state index in [0.717, 1.165) is 47.5 Å². The minimum Gasteiger partial charge on any atom is -0.352 e. The molecular weight excluding hydrogens is 614 g/mol. The number of anilines is 1. The summed E-state index contributed by atoms with van der Waals surface area (Å²) in [6, 6.07) is 27.8. The lowest BCUT2D eigenvalue weighted by Crippen LogP contribution is -2.55. The number of halogens is 1. The lowest BCUT2D eigenvalue weighted by Gasteiger charge is -2.35. The molecule has 1 N–H and O–H groups in total. The van der Waals surface area contributed by atoms with Crippen molar-refractivity contribution in [2.45, 2.75) is 75.9 Å². The zero-order valence-electron chi connectivity index (χ0n) is 26.9. The number of aryl methyl sites for hydroxylation is 2. The van der Waals surface area contributed by atoms with Gasteiger partial charge in [-0.2, -0.15) is 0 Å². The molecule has 0 aliphatic heterocycles. The van der Waals surface area contributed by atoms with Crippen molar-refractivity contribution in [3.63, 3.8) is 0 Å². The van der Waals surface area contributed by atoms with Crippen molar-refractivity contribution in [3.8, 4) is 0 Å². The molecule has 0 saturated heterocycles. The fraction of sp³-hybridized carbons (Fsp3) is 0.316. The van der Waals surface area contributed by atoms with Crippen LogP contribution in [-0.2, 0) is 32.6 Å². The van der Waals surface area contributed by atoms with Crippen molar-refractivity contribution < 1.29 is 22.4 Å². The van der Waals surface area contributed by atoms with Crippen LogP contribution in [0.5, 0.6) is 0 Å². The molecule has 9 heteroatoms. The molecule has 1 fully saturated rings. The van der Waals surface area contributed by atoms with Gasteiger partial charge in [0.2, 0.25) is 11.8 Å². The third kappa shape index (κ3) is 8.46. The van der Waals surface area contributed by atoms with Gasteiger partial charge >= 0.3 is 0 Å². The van der Waals surface area contributed by atoms with Gasteiger partial charge in [-0.3, -0.25) is 13.9 Å². The van der Waals surface area contributed by atoms with Gasteiger partial charge in [-0.15, -0.1) is 0 Å². The molecule has 4 aromatic carbocycles. The molecule has 5 rings (SSSR count). The van der Waals surface area contributed by atoms with E-state index in [1.807, 2.05) is 43.3 Å². The first-order chi connectivity index (χ1) is 22.6. The summed E-state index contributed by atoms with van der Waals surface area (Å²) >= 11 is 0. The summed E-state index contributed by atoms with van der Waals surface area (Å²) in [7, 11) is -4.22. The number of carbonyl (C=O) groups is 2. The van der Waals surface area contributed by atoms with Crippen molar-refractivity contribution >= 4 is 27.5 Å². The topological polar surface area (TPSA) is 86.8 Å². The Kier molecular flexibility index (Phi) is 11.1. The highest BCUT2D eigenvalue weighted by atomic mass is 32.2. The number of rotatable bonds is 12. The molecule has 1 atom stereocenters. The van der Waals surface area contributed by atoms with E-state index < -0.39 is 34.3 Å². The molecule has 1 aliphatic rings. The standard InChI is InChI=1S/C38H42FN3O4S/c1-28-22-23-35(29(2)24-28)42(47(45,46)33-19-10-5-11-20-33)27-37(43)41(26-31-16-12-13-21-34(31)39)36(25-30-14-6-3-7-15-30)38(44)40-32-17-8-4-9-18-32/h3,5-7,10-16,19-24,32,36H,4,8-9,17-18,25-27H2,1-2H3,(H,40,44)/t36-/m1/s1. The monoisotopic (exact) mass is 655 g/mol. The highest BCUT2D eigenvalue weighted by Crippen LogP contribution is 2.29. The van der Waals surface area contributed by atoms with E-state index in [1.165, 1.54) is 23.1 Å². The van der Waals surface area contributed by atoms with Crippen LogP contribution >= 0.6 is 0 Å². The molecule has 1 saturated carbocycles. The normalized spacial score (nSPS) is 14.3. The Morgan fingerprint density at radius 1 is 0.851 bits per heavy atom. The Balaban J connectivity index is 1.58. The van der Waals surface area contributed by atoms with Gasteiger partial charge in [0, 0.05) is 24.6 Å². The molecule has 0 bridgehead atoms. The average molecular weight is 656 g/mol. The summed E-state index contributed by atoms with van der Waals surface area (Å²) in [5.41, 5.74) is 3.02. The molecular formula is C38H42FN3O4S. The predicted molar refractivity (Wildman–Crippen MR) is 183 cm³/mol. The molecule has 0 aromatic heterocycles. The van der Waals surface area contributed by atoms with Crippen molar-refractivity contribution in [2.75, 3.05) is 10.8 Å². The number of hydrogen-bond donors (Lipinski definition) is 1. The molecule has 0 heterocycles. The maximum atomic E-state index is 15.2. The Morgan fingerprint density at radius 3 is 2.15 bits per heavy atom. The van der Waals surface area contributed by atoms with Gasteiger partial charge in [-0.05, 0) is 62.1 Å². The largest absolute Gasteiger partial charge is 0.352 e. The summed E-state index contributed by atoms with van der Waals surface area (Å²) < 4.78 is 44.7. The van der Waals surface area contributed by atoms with E-state index in [9.17, 15) is 18.0 Å². The first-order valence-electron chi connectivity index (χ1n) is 16.2. The van der Waals surface area contributed by atoms with Crippen LogP contribution in [0, 0.1) is 19.7 Å². The van der Waals surface area contributed by atoms with Gasteiger partial charge in [-0.25, -0.2) is 12.8 Å². The van der Waals surface area contributed by atoms with E-state index in [4.69, 9.17) is 0 Å². The fourth-order valence-corrected chi connectivity index (χ4v) is 7.73. The van der Waals surface area contributed by atoms with Crippen LogP contribution < -0.4 is 9.62 Å². The first-order valence-corrected chi connectivity index (χ1v) is 17.6. The quantitative estimate of drug-likeness (QED) is 0.184. The number of nitrogens with zero attached hydrogens (tertiary/aromatic N) is 2. The van der Waals surface area contributed by atoms with E-state index in [-0.39, 0.29) is 35.4 Å². The molecule has 1 aliphatic carbocycles. The molecule has 7 nitrogen and oxygen atoms in total. The lowest BCUT2D eigenvalue weighted by atomic mass is 9.94. The molecule has 0 radical (unpaired) electrons. The summed E-state index contributed by atoms with van der Waals surface area (Å²) in [5, 5.41) is 3.17. The van der Waals surface area contributed by atoms with E-state index in [1.54, 1.807) is 55.5 Å². The van der Waals surface area contributed by atoms with Gasteiger partial charge < -0.3 is 10.2 Å². The third-order valence-electron chi connectivity index (χ3n) is 8.75. The van der Waals surface area contributed by atoms with Gasteiger partial charge in [0.25, 0.3) is 10.0 Å². The SMILES string of the molecule is Cc1ccc(N(CC(=O)N(Cc2ccccc2F)[C@H](Cc2ccccc2)C(=O)NC2CCCCC2)S(=O)(=O)c2ccccc2)c(C)c1. The maximum absolute atomic E-state index is 15.2. The molecule has 246 valence electrons. The number of benzene rings is 4.